The zero-order valence-corrected chi connectivity index (χ0v) is 12.1. The summed E-state index contributed by atoms with van der Waals surface area (Å²) < 4.78 is 12.9. The predicted octanol–water partition coefficient (Wildman–Crippen LogP) is 2.88. The van der Waals surface area contributed by atoms with Gasteiger partial charge in [0.05, 0.1) is 6.04 Å². The van der Waals surface area contributed by atoms with E-state index in [0.717, 1.165) is 11.1 Å². The van der Waals surface area contributed by atoms with E-state index in [1.807, 2.05) is 37.3 Å². The fourth-order valence-electron chi connectivity index (χ4n) is 2.10. The van der Waals surface area contributed by atoms with Gasteiger partial charge in [0.15, 0.2) is 0 Å². The van der Waals surface area contributed by atoms with Crippen LogP contribution in [0.4, 0.5) is 4.39 Å². The second-order valence-corrected chi connectivity index (χ2v) is 5.32. The standard InChI is InChI=1S/C17H19FN2O/c1-12(13-8-10-15(18)11-9-13)20-16(21)17(2,19)14-6-4-3-5-7-14/h3-12H,19H2,1-2H3,(H,20,21)/t12-,17?/m1/s1. The lowest BCUT2D eigenvalue weighted by Gasteiger charge is -2.26. The molecule has 2 atom stereocenters. The summed E-state index contributed by atoms with van der Waals surface area (Å²) in [6, 6.07) is 15.0. The van der Waals surface area contributed by atoms with E-state index in [9.17, 15) is 9.18 Å². The van der Waals surface area contributed by atoms with Crippen molar-refractivity contribution in [3.05, 3.63) is 71.5 Å². The van der Waals surface area contributed by atoms with E-state index in [1.54, 1.807) is 19.1 Å². The van der Waals surface area contributed by atoms with Gasteiger partial charge in [0, 0.05) is 0 Å². The van der Waals surface area contributed by atoms with Crippen LogP contribution in [0.1, 0.15) is 31.0 Å². The molecule has 0 aliphatic carbocycles. The van der Waals surface area contributed by atoms with Crippen LogP contribution in [0, 0.1) is 5.82 Å². The van der Waals surface area contributed by atoms with E-state index < -0.39 is 5.54 Å². The molecule has 2 aromatic rings. The van der Waals surface area contributed by atoms with Gasteiger partial charge in [0.2, 0.25) is 5.91 Å². The Morgan fingerprint density at radius 3 is 2.29 bits per heavy atom. The Morgan fingerprint density at radius 1 is 1.14 bits per heavy atom. The monoisotopic (exact) mass is 286 g/mol. The third-order valence-corrected chi connectivity index (χ3v) is 3.56. The van der Waals surface area contributed by atoms with Gasteiger partial charge in [0.1, 0.15) is 11.4 Å². The first-order valence-corrected chi connectivity index (χ1v) is 6.82. The van der Waals surface area contributed by atoms with Crippen LogP contribution in [0.25, 0.3) is 0 Å². The highest BCUT2D eigenvalue weighted by molar-refractivity contribution is 5.87. The summed E-state index contributed by atoms with van der Waals surface area (Å²) in [4.78, 5) is 12.4. The second-order valence-electron chi connectivity index (χ2n) is 5.32. The topological polar surface area (TPSA) is 55.1 Å². The molecule has 0 saturated heterocycles. The zero-order chi connectivity index (χ0) is 15.5. The Bertz CT molecular complexity index is 608. The van der Waals surface area contributed by atoms with E-state index in [0.29, 0.717) is 0 Å². The van der Waals surface area contributed by atoms with E-state index in [4.69, 9.17) is 5.73 Å². The number of nitrogens with one attached hydrogen (secondary N) is 1. The Morgan fingerprint density at radius 2 is 1.71 bits per heavy atom. The van der Waals surface area contributed by atoms with Crippen molar-refractivity contribution >= 4 is 5.91 Å². The quantitative estimate of drug-likeness (QED) is 0.908. The number of carbonyl (C=O) groups excluding carboxylic acids is 1. The highest BCUT2D eigenvalue weighted by atomic mass is 19.1. The van der Waals surface area contributed by atoms with Crippen molar-refractivity contribution < 1.29 is 9.18 Å². The van der Waals surface area contributed by atoms with Crippen molar-refractivity contribution in [3.63, 3.8) is 0 Å². The fraction of sp³-hybridized carbons (Fsp3) is 0.235. The normalized spacial score (nSPS) is 15.0. The molecule has 4 heteroatoms. The van der Waals surface area contributed by atoms with Crippen LogP contribution >= 0.6 is 0 Å². The molecule has 3 N–H and O–H groups in total. The molecule has 0 radical (unpaired) electrons. The molecule has 1 unspecified atom stereocenters. The third-order valence-electron chi connectivity index (χ3n) is 3.56. The Labute approximate surface area is 124 Å². The van der Waals surface area contributed by atoms with Gasteiger partial charge in [0.25, 0.3) is 0 Å². The molecule has 0 aliphatic rings. The summed E-state index contributed by atoms with van der Waals surface area (Å²) in [5.41, 5.74) is 6.62. The minimum absolute atomic E-state index is 0.246. The van der Waals surface area contributed by atoms with Gasteiger partial charge in [-0.05, 0) is 37.1 Å². The average molecular weight is 286 g/mol. The lowest BCUT2D eigenvalue weighted by Crippen LogP contribution is -2.49. The van der Waals surface area contributed by atoms with Crippen molar-refractivity contribution in [2.24, 2.45) is 5.73 Å². The molecule has 0 heterocycles. The summed E-state index contributed by atoms with van der Waals surface area (Å²) in [6.45, 7) is 3.52. The van der Waals surface area contributed by atoms with Gasteiger partial charge in [-0.15, -0.1) is 0 Å². The molecule has 0 aliphatic heterocycles. The maximum atomic E-state index is 12.9. The summed E-state index contributed by atoms with van der Waals surface area (Å²) in [5, 5.41) is 2.87. The summed E-state index contributed by atoms with van der Waals surface area (Å²) in [5.74, 6) is -0.573. The Kier molecular flexibility index (Phi) is 4.38. The predicted molar refractivity (Wildman–Crippen MR) is 80.9 cm³/mol. The van der Waals surface area contributed by atoms with Crippen LogP contribution in [-0.2, 0) is 10.3 Å². The number of carbonyl (C=O) groups is 1. The van der Waals surface area contributed by atoms with Crippen molar-refractivity contribution in [3.8, 4) is 0 Å². The number of hydrogen-bond acceptors (Lipinski definition) is 2. The van der Waals surface area contributed by atoms with E-state index >= 15 is 0 Å². The molecular formula is C17H19FN2O. The zero-order valence-electron chi connectivity index (χ0n) is 12.1. The molecule has 0 bridgehead atoms. The molecular weight excluding hydrogens is 267 g/mol. The SMILES string of the molecule is C[C@@H](NC(=O)C(C)(N)c1ccccc1)c1ccc(F)cc1. The molecule has 0 saturated carbocycles. The Balaban J connectivity index is 2.12. The van der Waals surface area contributed by atoms with Crippen LogP contribution in [0.5, 0.6) is 0 Å². The summed E-state index contributed by atoms with van der Waals surface area (Å²) >= 11 is 0. The third kappa shape index (κ3) is 3.47. The second kappa shape index (κ2) is 6.06. The number of amides is 1. The van der Waals surface area contributed by atoms with Gasteiger partial charge in [-0.1, -0.05) is 42.5 Å². The van der Waals surface area contributed by atoms with Crippen molar-refractivity contribution in [1.29, 1.82) is 0 Å². The first-order valence-electron chi connectivity index (χ1n) is 6.82. The highest BCUT2D eigenvalue weighted by Gasteiger charge is 2.31. The minimum Gasteiger partial charge on any atom is -0.348 e. The molecule has 3 nitrogen and oxygen atoms in total. The summed E-state index contributed by atoms with van der Waals surface area (Å²) in [7, 11) is 0. The van der Waals surface area contributed by atoms with E-state index in [-0.39, 0.29) is 17.8 Å². The van der Waals surface area contributed by atoms with Gasteiger partial charge in [-0.25, -0.2) is 4.39 Å². The maximum Gasteiger partial charge on any atom is 0.244 e. The first kappa shape index (κ1) is 15.2. The molecule has 1 amide bonds. The maximum absolute atomic E-state index is 12.9. The van der Waals surface area contributed by atoms with Crippen LogP contribution in [0.15, 0.2) is 54.6 Å². The van der Waals surface area contributed by atoms with Crippen molar-refractivity contribution in [1.82, 2.24) is 5.32 Å². The smallest absolute Gasteiger partial charge is 0.244 e. The number of rotatable bonds is 4. The van der Waals surface area contributed by atoms with Gasteiger partial charge < -0.3 is 11.1 Å². The van der Waals surface area contributed by atoms with Crippen molar-refractivity contribution in [2.45, 2.75) is 25.4 Å². The number of halogens is 1. The molecule has 2 rings (SSSR count). The average Bonchev–Trinajstić information content (AvgIpc) is 2.48. The Hall–Kier alpha value is -2.20. The number of hydrogen-bond donors (Lipinski definition) is 2. The lowest BCUT2D eigenvalue weighted by atomic mass is 9.91. The molecule has 110 valence electrons. The molecule has 0 spiro atoms. The number of benzene rings is 2. The van der Waals surface area contributed by atoms with Gasteiger partial charge in [-0.2, -0.15) is 0 Å². The van der Waals surface area contributed by atoms with E-state index in [1.165, 1.54) is 12.1 Å². The highest BCUT2D eigenvalue weighted by Crippen LogP contribution is 2.20. The van der Waals surface area contributed by atoms with Crippen LogP contribution < -0.4 is 11.1 Å². The van der Waals surface area contributed by atoms with Crippen LogP contribution in [-0.4, -0.2) is 5.91 Å². The molecule has 21 heavy (non-hydrogen) atoms. The number of nitrogens with two attached hydrogens (primary N) is 1. The molecule has 0 fully saturated rings. The van der Waals surface area contributed by atoms with Crippen molar-refractivity contribution in [2.75, 3.05) is 0 Å². The minimum atomic E-state index is -1.12. The molecule has 0 aromatic heterocycles. The van der Waals surface area contributed by atoms with Crippen LogP contribution in [0.3, 0.4) is 0 Å². The van der Waals surface area contributed by atoms with E-state index in [2.05, 4.69) is 5.32 Å². The van der Waals surface area contributed by atoms with Gasteiger partial charge in [-0.3, -0.25) is 4.79 Å². The van der Waals surface area contributed by atoms with Gasteiger partial charge >= 0.3 is 0 Å². The fourth-order valence-corrected chi connectivity index (χ4v) is 2.10. The molecule has 2 aromatic carbocycles. The first-order chi connectivity index (χ1) is 9.91. The lowest BCUT2D eigenvalue weighted by molar-refractivity contribution is -0.126. The largest absolute Gasteiger partial charge is 0.348 e. The van der Waals surface area contributed by atoms with Crippen LogP contribution in [0.2, 0.25) is 0 Å². The summed E-state index contributed by atoms with van der Waals surface area (Å²) in [6.07, 6.45) is 0.